The minimum Gasteiger partial charge on any atom is -0.441 e. The van der Waals surface area contributed by atoms with Gasteiger partial charge in [0.1, 0.15) is 30.5 Å². The Morgan fingerprint density at radius 3 is 1.70 bits per heavy atom. The first-order valence-corrected chi connectivity index (χ1v) is 21.4. The molecule has 0 bridgehead atoms. The molecule has 0 aliphatic carbocycles. The predicted molar refractivity (Wildman–Crippen MR) is 219 cm³/mol. The summed E-state index contributed by atoms with van der Waals surface area (Å²) >= 11 is 0. The van der Waals surface area contributed by atoms with E-state index in [2.05, 4.69) is 6.92 Å². The van der Waals surface area contributed by atoms with Gasteiger partial charge < -0.3 is 34.3 Å². The van der Waals surface area contributed by atoms with Crippen molar-refractivity contribution < 1.29 is 39.1 Å². The van der Waals surface area contributed by atoms with Gasteiger partial charge in [-0.2, -0.15) is 0 Å². The smallest absolute Gasteiger partial charge is 0.410 e. The van der Waals surface area contributed by atoms with Gasteiger partial charge in [-0.3, -0.25) is 4.90 Å². The molecule has 8 atom stereocenters. The zero-order valence-electron chi connectivity index (χ0n) is 33.5. The van der Waals surface area contributed by atoms with Crippen molar-refractivity contribution in [1.82, 2.24) is 4.90 Å². The maximum atomic E-state index is 13.5. The maximum absolute atomic E-state index is 13.5. The summed E-state index contributed by atoms with van der Waals surface area (Å²) in [6.45, 7) is 2.75. The highest BCUT2D eigenvalue weighted by Gasteiger charge is 2.49. The van der Waals surface area contributed by atoms with Crippen molar-refractivity contribution >= 4 is 6.09 Å². The number of amides is 1. The molecule has 0 aromatic heterocycles. The van der Waals surface area contributed by atoms with Gasteiger partial charge in [-0.05, 0) is 36.0 Å². The maximum Gasteiger partial charge on any atom is 0.410 e. The highest BCUT2D eigenvalue weighted by molar-refractivity contribution is 5.71. The lowest BCUT2D eigenvalue weighted by Crippen LogP contribution is -2.60. The van der Waals surface area contributed by atoms with Crippen LogP contribution in [0.4, 0.5) is 4.79 Å². The lowest BCUT2D eigenvalue weighted by molar-refractivity contribution is -0.259. The number of benzene rings is 3. The normalized spacial score (nSPS) is 24.3. The van der Waals surface area contributed by atoms with E-state index < -0.39 is 54.9 Å². The number of carbonyl (C=O) groups is 1. The van der Waals surface area contributed by atoms with E-state index in [1.807, 2.05) is 91.0 Å². The molecule has 0 saturated carbocycles. The third kappa shape index (κ3) is 13.7. The molecule has 0 radical (unpaired) electrons. The summed E-state index contributed by atoms with van der Waals surface area (Å²) in [5.41, 5.74) is 2.89. The van der Waals surface area contributed by atoms with Crippen LogP contribution in [0.5, 0.6) is 0 Å². The van der Waals surface area contributed by atoms with Gasteiger partial charge in [0.2, 0.25) is 0 Å². The number of hydrogen-bond donors (Lipinski definition) is 3. The molecule has 2 aliphatic heterocycles. The summed E-state index contributed by atoms with van der Waals surface area (Å²) < 4.78 is 25.3. The zero-order chi connectivity index (χ0) is 39.4. The largest absolute Gasteiger partial charge is 0.441 e. The number of hydrogen-bond acceptors (Lipinski definition) is 8. The molecule has 3 N–H and O–H groups in total. The molecule has 2 fully saturated rings. The van der Waals surface area contributed by atoms with E-state index in [9.17, 15) is 20.1 Å². The predicted octanol–water partition coefficient (Wildman–Crippen LogP) is 8.90. The van der Waals surface area contributed by atoms with Crippen LogP contribution >= 0.6 is 0 Å². The van der Waals surface area contributed by atoms with Crippen molar-refractivity contribution in [2.75, 3.05) is 6.61 Å². The van der Waals surface area contributed by atoms with Gasteiger partial charge in [-0.25, -0.2) is 4.79 Å². The fraction of sp³-hybridized carbons (Fsp3) is 0.596. The number of rotatable bonds is 26. The minimum atomic E-state index is -1.13. The van der Waals surface area contributed by atoms with Crippen molar-refractivity contribution in [2.45, 2.75) is 172 Å². The van der Waals surface area contributed by atoms with Crippen molar-refractivity contribution in [3.63, 3.8) is 0 Å². The van der Waals surface area contributed by atoms with Crippen molar-refractivity contribution in [1.29, 1.82) is 0 Å². The SMILES string of the molecule is CCCCCCCCCCCCCC[C@@H](O)[C@H]1OC(=O)N(Cc2ccccc2)C1CC[C@@H]1OC(CO)[C@H](O)[C@H](OCc2ccccc2)C1OCc1ccccc1. The van der Waals surface area contributed by atoms with E-state index in [1.165, 1.54) is 57.8 Å². The van der Waals surface area contributed by atoms with Crippen LogP contribution < -0.4 is 0 Å². The minimum absolute atomic E-state index is 0.252. The number of aliphatic hydroxyl groups is 3. The molecule has 2 saturated heterocycles. The summed E-state index contributed by atoms with van der Waals surface area (Å²) in [5.74, 6) is 0. The molecule has 0 spiro atoms. The van der Waals surface area contributed by atoms with Crippen LogP contribution in [0.2, 0.25) is 0 Å². The van der Waals surface area contributed by atoms with Gasteiger partial charge in [-0.1, -0.05) is 175 Å². The Balaban J connectivity index is 1.24. The van der Waals surface area contributed by atoms with Crippen LogP contribution in [-0.2, 0) is 38.7 Å². The molecular formula is C47H67NO8. The second kappa shape index (κ2) is 24.5. The van der Waals surface area contributed by atoms with Crippen molar-refractivity contribution in [3.05, 3.63) is 108 Å². The van der Waals surface area contributed by atoms with Crippen LogP contribution in [0.15, 0.2) is 91.0 Å². The highest BCUT2D eigenvalue weighted by atomic mass is 16.6. The number of aliphatic hydroxyl groups excluding tert-OH is 3. The lowest BCUT2D eigenvalue weighted by Gasteiger charge is -2.44. The van der Waals surface area contributed by atoms with Gasteiger partial charge in [0.05, 0.1) is 38.1 Å². The van der Waals surface area contributed by atoms with E-state index >= 15 is 0 Å². The molecular weight excluding hydrogens is 707 g/mol. The Kier molecular flexibility index (Phi) is 19.1. The molecule has 2 heterocycles. The second-order valence-corrected chi connectivity index (χ2v) is 15.8. The van der Waals surface area contributed by atoms with Crippen molar-refractivity contribution in [3.8, 4) is 0 Å². The number of ether oxygens (including phenoxy) is 4. The Bertz CT molecular complexity index is 1480. The molecule has 5 rings (SSSR count). The Morgan fingerprint density at radius 2 is 1.16 bits per heavy atom. The first-order chi connectivity index (χ1) is 27.5. The van der Waals surface area contributed by atoms with Crippen LogP contribution in [0.3, 0.4) is 0 Å². The fourth-order valence-electron chi connectivity index (χ4n) is 8.20. The highest BCUT2D eigenvalue weighted by Crippen LogP contribution is 2.34. The van der Waals surface area contributed by atoms with E-state index in [-0.39, 0.29) is 19.8 Å². The van der Waals surface area contributed by atoms with E-state index in [0.717, 1.165) is 36.0 Å². The van der Waals surface area contributed by atoms with Crippen LogP contribution in [0.25, 0.3) is 0 Å². The summed E-state index contributed by atoms with van der Waals surface area (Å²) in [7, 11) is 0. The third-order valence-electron chi connectivity index (χ3n) is 11.4. The zero-order valence-corrected chi connectivity index (χ0v) is 33.5. The van der Waals surface area contributed by atoms with E-state index in [0.29, 0.717) is 25.8 Å². The molecule has 2 aliphatic rings. The van der Waals surface area contributed by atoms with Gasteiger partial charge in [0, 0.05) is 6.54 Å². The summed E-state index contributed by atoms with van der Waals surface area (Å²) in [4.78, 5) is 15.2. The van der Waals surface area contributed by atoms with Crippen LogP contribution in [-0.4, -0.2) is 81.7 Å². The molecule has 3 aromatic carbocycles. The first-order valence-electron chi connectivity index (χ1n) is 21.4. The summed E-state index contributed by atoms with van der Waals surface area (Å²) in [6.07, 6.45) is 10.3. The molecule has 3 unspecified atom stereocenters. The molecule has 308 valence electrons. The van der Waals surface area contributed by atoms with Crippen LogP contribution in [0.1, 0.15) is 120 Å². The Labute approximate surface area is 335 Å². The standard InChI is InChI=1S/C47H67NO8/c1-2-3-4-5-6-7-8-9-10-11-12-22-29-40(50)44-39(48(47(52)56-44)32-36-23-16-13-17-24-36)30-31-41-45(53-34-37-25-18-14-19-26-37)46(43(51)42(33-49)55-41)54-35-38-27-20-15-21-28-38/h13-21,23-28,39-46,49-51H,2-12,22,29-35H2,1H3/t39?,40-,41+,42?,43+,44+,45?,46+/m1/s1. The average Bonchev–Trinajstić information content (AvgIpc) is 3.54. The monoisotopic (exact) mass is 773 g/mol. The van der Waals surface area contributed by atoms with E-state index in [1.54, 1.807) is 4.90 Å². The molecule has 9 nitrogen and oxygen atoms in total. The van der Waals surface area contributed by atoms with Gasteiger partial charge in [-0.15, -0.1) is 0 Å². The molecule has 56 heavy (non-hydrogen) atoms. The Hall–Kier alpha value is -3.31. The molecule has 1 amide bonds. The fourth-order valence-corrected chi connectivity index (χ4v) is 8.20. The topological polar surface area (TPSA) is 118 Å². The second-order valence-electron chi connectivity index (χ2n) is 15.8. The lowest BCUT2D eigenvalue weighted by atomic mass is 9.89. The summed E-state index contributed by atoms with van der Waals surface area (Å²) in [5, 5.41) is 33.3. The molecule has 3 aromatic rings. The van der Waals surface area contributed by atoms with Crippen LogP contribution in [0, 0.1) is 0 Å². The number of nitrogens with zero attached hydrogens (tertiary/aromatic N) is 1. The molecule has 9 heteroatoms. The summed E-state index contributed by atoms with van der Waals surface area (Å²) in [6, 6.07) is 29.0. The van der Waals surface area contributed by atoms with E-state index in [4.69, 9.17) is 18.9 Å². The van der Waals surface area contributed by atoms with Crippen molar-refractivity contribution in [2.24, 2.45) is 0 Å². The Morgan fingerprint density at radius 1 is 0.661 bits per heavy atom. The quantitative estimate of drug-likeness (QED) is 0.0693. The third-order valence-corrected chi connectivity index (χ3v) is 11.4. The average molecular weight is 774 g/mol. The van der Waals surface area contributed by atoms with Gasteiger partial charge >= 0.3 is 6.09 Å². The van der Waals surface area contributed by atoms with Gasteiger partial charge in [0.15, 0.2) is 0 Å². The number of carbonyl (C=O) groups excluding carboxylic acids is 1. The first kappa shape index (κ1) is 43.8. The van der Waals surface area contributed by atoms with Gasteiger partial charge in [0.25, 0.3) is 0 Å². The number of cyclic esters (lactones) is 1. The number of unbranched alkanes of at least 4 members (excludes halogenated alkanes) is 11.